The lowest BCUT2D eigenvalue weighted by Gasteiger charge is -2.22. The summed E-state index contributed by atoms with van der Waals surface area (Å²) in [6.07, 6.45) is 1.68. The first-order valence-electron chi connectivity index (χ1n) is 6.92. The number of carbonyl (C=O) groups is 3. The predicted molar refractivity (Wildman–Crippen MR) is 72.8 cm³/mol. The molecule has 0 radical (unpaired) electrons. The summed E-state index contributed by atoms with van der Waals surface area (Å²) in [6.45, 7) is 2.48. The van der Waals surface area contributed by atoms with E-state index in [0.29, 0.717) is 6.61 Å². The Morgan fingerprint density at radius 1 is 1.38 bits per heavy atom. The summed E-state index contributed by atoms with van der Waals surface area (Å²) < 4.78 is 9.88. The van der Waals surface area contributed by atoms with Gasteiger partial charge < -0.3 is 25.2 Å². The molecule has 0 aromatic heterocycles. The van der Waals surface area contributed by atoms with Gasteiger partial charge in [-0.3, -0.25) is 4.79 Å². The van der Waals surface area contributed by atoms with Gasteiger partial charge in [-0.1, -0.05) is 0 Å². The maximum Gasteiger partial charge on any atom is 0.326 e. The van der Waals surface area contributed by atoms with Gasteiger partial charge in [0.1, 0.15) is 6.04 Å². The molecule has 3 atom stereocenters. The average Bonchev–Trinajstić information content (AvgIpc) is 2.96. The molecule has 1 heterocycles. The summed E-state index contributed by atoms with van der Waals surface area (Å²) in [5, 5.41) is 14.0. The van der Waals surface area contributed by atoms with Gasteiger partial charge in [0.15, 0.2) is 0 Å². The van der Waals surface area contributed by atoms with Crippen molar-refractivity contribution in [3.63, 3.8) is 0 Å². The van der Waals surface area contributed by atoms with Crippen LogP contribution in [-0.4, -0.2) is 55.0 Å². The topological polar surface area (TPSA) is 114 Å². The standard InChI is InChI=1S/C13H22N2O6/c1-8(10-4-3-7-21-10)14-13(19)15-9(12(17)18)5-6-11(16)20-2/h8-10H,3-7H2,1-2H3,(H,17,18)(H2,14,15,19)/t8?,9-,10?/m1/s1. The van der Waals surface area contributed by atoms with Crippen LogP contribution >= 0.6 is 0 Å². The third-order valence-electron chi connectivity index (χ3n) is 3.35. The summed E-state index contributed by atoms with van der Waals surface area (Å²) in [5.74, 6) is -1.71. The molecule has 1 aliphatic rings. The molecule has 0 aromatic carbocycles. The SMILES string of the molecule is COC(=O)CC[C@@H](NC(=O)NC(C)C1CCCO1)C(=O)O. The first-order chi connectivity index (χ1) is 9.93. The number of amides is 2. The van der Waals surface area contributed by atoms with Crippen LogP contribution in [0.3, 0.4) is 0 Å². The minimum absolute atomic E-state index is 0.0241. The molecular formula is C13H22N2O6. The van der Waals surface area contributed by atoms with Crippen molar-refractivity contribution in [3.05, 3.63) is 0 Å². The lowest BCUT2D eigenvalue weighted by atomic mass is 10.1. The first kappa shape index (κ1) is 17.2. The van der Waals surface area contributed by atoms with Gasteiger partial charge in [0, 0.05) is 13.0 Å². The molecule has 0 aromatic rings. The Morgan fingerprint density at radius 3 is 2.62 bits per heavy atom. The number of methoxy groups -OCH3 is 1. The fourth-order valence-electron chi connectivity index (χ4n) is 2.12. The van der Waals surface area contributed by atoms with E-state index in [-0.39, 0.29) is 25.0 Å². The normalized spacial score (nSPS) is 20.4. The van der Waals surface area contributed by atoms with Crippen molar-refractivity contribution in [2.45, 2.75) is 50.8 Å². The zero-order valence-corrected chi connectivity index (χ0v) is 12.3. The van der Waals surface area contributed by atoms with Crippen LogP contribution in [-0.2, 0) is 19.1 Å². The molecule has 8 heteroatoms. The highest BCUT2D eigenvalue weighted by molar-refractivity contribution is 5.83. The van der Waals surface area contributed by atoms with Crippen molar-refractivity contribution in [1.82, 2.24) is 10.6 Å². The Hall–Kier alpha value is -1.83. The third kappa shape index (κ3) is 5.99. The number of carboxylic acids is 1. The number of hydrogen-bond donors (Lipinski definition) is 3. The molecule has 1 fully saturated rings. The van der Waals surface area contributed by atoms with Crippen LogP contribution in [0.15, 0.2) is 0 Å². The Balaban J connectivity index is 2.40. The van der Waals surface area contributed by atoms with Crippen molar-refractivity contribution in [1.29, 1.82) is 0 Å². The van der Waals surface area contributed by atoms with E-state index < -0.39 is 24.0 Å². The number of aliphatic carboxylic acids is 1. The summed E-state index contributed by atoms with van der Waals surface area (Å²) in [7, 11) is 1.22. The number of ether oxygens (including phenoxy) is 2. The van der Waals surface area contributed by atoms with Crippen LogP contribution in [0.5, 0.6) is 0 Å². The van der Waals surface area contributed by atoms with E-state index in [9.17, 15) is 14.4 Å². The molecule has 0 bridgehead atoms. The van der Waals surface area contributed by atoms with E-state index in [1.807, 2.05) is 0 Å². The van der Waals surface area contributed by atoms with Crippen LogP contribution in [0.4, 0.5) is 4.79 Å². The average molecular weight is 302 g/mol. The van der Waals surface area contributed by atoms with Gasteiger partial charge in [-0.05, 0) is 26.2 Å². The number of esters is 1. The van der Waals surface area contributed by atoms with Gasteiger partial charge in [-0.2, -0.15) is 0 Å². The van der Waals surface area contributed by atoms with Crippen LogP contribution < -0.4 is 10.6 Å². The van der Waals surface area contributed by atoms with Crippen molar-refractivity contribution in [3.8, 4) is 0 Å². The highest BCUT2D eigenvalue weighted by atomic mass is 16.5. The van der Waals surface area contributed by atoms with Crippen molar-refractivity contribution >= 4 is 18.0 Å². The summed E-state index contributed by atoms with van der Waals surface area (Å²) in [5.41, 5.74) is 0. The largest absolute Gasteiger partial charge is 0.480 e. The van der Waals surface area contributed by atoms with Gasteiger partial charge in [-0.25, -0.2) is 9.59 Å². The highest BCUT2D eigenvalue weighted by Gasteiger charge is 2.26. The lowest BCUT2D eigenvalue weighted by molar-refractivity contribution is -0.142. The van der Waals surface area contributed by atoms with Gasteiger partial charge in [0.05, 0.1) is 19.3 Å². The van der Waals surface area contributed by atoms with E-state index in [0.717, 1.165) is 12.8 Å². The Labute approximate surface area is 123 Å². The smallest absolute Gasteiger partial charge is 0.326 e. The zero-order chi connectivity index (χ0) is 15.8. The van der Waals surface area contributed by atoms with Crippen molar-refractivity contribution < 1.29 is 29.0 Å². The number of hydrogen-bond acceptors (Lipinski definition) is 5. The van der Waals surface area contributed by atoms with Crippen LogP contribution in [0.25, 0.3) is 0 Å². The van der Waals surface area contributed by atoms with Crippen molar-refractivity contribution in [2.24, 2.45) is 0 Å². The molecule has 2 unspecified atom stereocenters. The molecule has 0 saturated carbocycles. The van der Waals surface area contributed by atoms with E-state index >= 15 is 0 Å². The molecule has 0 spiro atoms. The lowest BCUT2D eigenvalue weighted by Crippen LogP contribution is -2.51. The number of rotatable bonds is 7. The van der Waals surface area contributed by atoms with E-state index in [1.165, 1.54) is 7.11 Å². The number of carboxylic acid groups (broad SMARTS) is 1. The minimum atomic E-state index is -1.20. The predicted octanol–water partition coefficient (Wildman–Crippen LogP) is 0.260. The summed E-state index contributed by atoms with van der Waals surface area (Å²) >= 11 is 0. The fraction of sp³-hybridized carbons (Fsp3) is 0.769. The van der Waals surface area contributed by atoms with E-state index in [4.69, 9.17) is 9.84 Å². The molecule has 1 saturated heterocycles. The number of urea groups is 1. The molecule has 0 aliphatic carbocycles. The maximum absolute atomic E-state index is 11.8. The Bertz CT molecular complexity index is 381. The van der Waals surface area contributed by atoms with E-state index in [1.54, 1.807) is 6.92 Å². The Morgan fingerprint density at radius 2 is 2.10 bits per heavy atom. The monoisotopic (exact) mass is 302 g/mol. The van der Waals surface area contributed by atoms with E-state index in [2.05, 4.69) is 15.4 Å². The summed E-state index contributed by atoms with van der Waals surface area (Å²) in [4.78, 5) is 33.9. The quantitative estimate of drug-likeness (QED) is 0.581. The van der Waals surface area contributed by atoms with Gasteiger partial charge in [0.2, 0.25) is 0 Å². The molecule has 2 amide bonds. The van der Waals surface area contributed by atoms with Crippen LogP contribution in [0.1, 0.15) is 32.6 Å². The second-order valence-electron chi connectivity index (χ2n) is 4.96. The molecule has 3 N–H and O–H groups in total. The molecule has 1 rings (SSSR count). The highest BCUT2D eigenvalue weighted by Crippen LogP contribution is 2.15. The molecule has 120 valence electrons. The maximum atomic E-state index is 11.8. The van der Waals surface area contributed by atoms with Gasteiger partial charge in [-0.15, -0.1) is 0 Å². The Kier molecular flexibility index (Phi) is 6.93. The second-order valence-corrected chi connectivity index (χ2v) is 4.96. The van der Waals surface area contributed by atoms with Gasteiger partial charge >= 0.3 is 18.0 Å². The van der Waals surface area contributed by atoms with Crippen molar-refractivity contribution in [2.75, 3.05) is 13.7 Å². The number of nitrogens with one attached hydrogen (secondary N) is 2. The molecule has 21 heavy (non-hydrogen) atoms. The minimum Gasteiger partial charge on any atom is -0.480 e. The second kappa shape index (κ2) is 8.46. The number of carbonyl (C=O) groups excluding carboxylic acids is 2. The van der Waals surface area contributed by atoms with Crippen LogP contribution in [0.2, 0.25) is 0 Å². The summed E-state index contributed by atoms with van der Waals surface area (Å²) in [6, 6.07) is -1.93. The molecule has 1 aliphatic heterocycles. The van der Waals surface area contributed by atoms with Crippen LogP contribution in [0, 0.1) is 0 Å². The first-order valence-corrected chi connectivity index (χ1v) is 6.92. The fourth-order valence-corrected chi connectivity index (χ4v) is 2.12. The zero-order valence-electron chi connectivity index (χ0n) is 12.3. The third-order valence-corrected chi connectivity index (χ3v) is 3.35. The molecule has 8 nitrogen and oxygen atoms in total. The molecular weight excluding hydrogens is 280 g/mol. The van der Waals surface area contributed by atoms with Gasteiger partial charge in [0.25, 0.3) is 0 Å².